The van der Waals surface area contributed by atoms with E-state index >= 15 is 0 Å². The van der Waals surface area contributed by atoms with Crippen molar-refractivity contribution in [3.05, 3.63) is 43.5 Å². The summed E-state index contributed by atoms with van der Waals surface area (Å²) in [6.07, 6.45) is 3.16. The molecule has 0 saturated carbocycles. The van der Waals surface area contributed by atoms with Crippen LogP contribution in [0.25, 0.3) is 11.2 Å². The fourth-order valence-electron chi connectivity index (χ4n) is 1.74. The van der Waals surface area contributed by atoms with Crippen molar-refractivity contribution >= 4 is 48.9 Å². The van der Waals surface area contributed by atoms with Crippen molar-refractivity contribution in [1.29, 1.82) is 0 Å². The summed E-state index contributed by atoms with van der Waals surface area (Å²) in [7, 11) is 0. The molecule has 0 aliphatic carbocycles. The van der Waals surface area contributed by atoms with Crippen LogP contribution in [0.4, 0.5) is 5.82 Å². The van der Waals surface area contributed by atoms with Crippen LogP contribution in [0.3, 0.4) is 0 Å². The van der Waals surface area contributed by atoms with E-state index in [1.165, 1.54) is 0 Å². The molecule has 0 atom stereocenters. The first-order valence-electron chi connectivity index (χ1n) is 5.75. The maximum Gasteiger partial charge on any atom is 0.418 e. The molecule has 0 saturated heterocycles. The van der Waals surface area contributed by atoms with Crippen molar-refractivity contribution in [2.75, 3.05) is 5.73 Å². The number of nitrogens with zero attached hydrogens (tertiary/aromatic N) is 2. The van der Waals surface area contributed by atoms with Crippen LogP contribution in [0.2, 0.25) is 0 Å². The van der Waals surface area contributed by atoms with E-state index in [1.54, 1.807) is 18.5 Å². The van der Waals surface area contributed by atoms with Gasteiger partial charge in [0.25, 0.3) is 0 Å². The zero-order chi connectivity index (χ0) is 15.0. The molecule has 0 aromatic carbocycles. The highest BCUT2D eigenvalue weighted by Crippen LogP contribution is 2.31. The molecular weight excluding hydrogens is 408 g/mol. The standard InChI is InChI=1S/C12H8Br2N4O3/c13-6-1-2-16-10(15)8(6)20-4-5-3-17-11-9(7(5)14)21-12(19)18-11/h1-3H,4H2,(H2,15,16)(H,17,18,19). The number of rotatable bonds is 3. The molecule has 0 spiro atoms. The minimum absolute atomic E-state index is 0.187. The lowest BCUT2D eigenvalue weighted by Gasteiger charge is -2.10. The van der Waals surface area contributed by atoms with Crippen molar-refractivity contribution in [3.8, 4) is 5.75 Å². The number of aromatic nitrogens is 3. The monoisotopic (exact) mass is 414 g/mol. The molecule has 3 rings (SSSR count). The van der Waals surface area contributed by atoms with E-state index in [1.807, 2.05) is 0 Å². The summed E-state index contributed by atoms with van der Waals surface area (Å²) in [4.78, 5) is 21.7. The van der Waals surface area contributed by atoms with Crippen LogP contribution in [0.5, 0.6) is 5.75 Å². The molecule has 21 heavy (non-hydrogen) atoms. The number of ether oxygens (including phenoxy) is 1. The summed E-state index contributed by atoms with van der Waals surface area (Å²) < 4.78 is 12.0. The van der Waals surface area contributed by atoms with E-state index < -0.39 is 5.76 Å². The zero-order valence-corrected chi connectivity index (χ0v) is 13.6. The van der Waals surface area contributed by atoms with Crippen molar-refractivity contribution < 1.29 is 9.15 Å². The molecule has 0 bridgehead atoms. The lowest BCUT2D eigenvalue weighted by molar-refractivity contribution is 0.304. The summed E-state index contributed by atoms with van der Waals surface area (Å²) in [5.41, 5.74) is 7.19. The first-order valence-corrected chi connectivity index (χ1v) is 7.34. The van der Waals surface area contributed by atoms with Gasteiger partial charge in [-0.05, 0) is 37.9 Å². The van der Waals surface area contributed by atoms with Crippen LogP contribution in [0.1, 0.15) is 5.56 Å². The van der Waals surface area contributed by atoms with E-state index in [2.05, 4.69) is 46.8 Å². The van der Waals surface area contributed by atoms with Gasteiger partial charge in [0.15, 0.2) is 22.8 Å². The number of hydrogen-bond donors (Lipinski definition) is 2. The van der Waals surface area contributed by atoms with Crippen LogP contribution in [-0.4, -0.2) is 15.0 Å². The number of fused-ring (bicyclic) bond motifs is 1. The van der Waals surface area contributed by atoms with Crippen LogP contribution in [0.15, 0.2) is 36.6 Å². The molecule has 108 valence electrons. The van der Waals surface area contributed by atoms with Crippen LogP contribution < -0.4 is 16.2 Å². The summed E-state index contributed by atoms with van der Waals surface area (Å²) in [5, 5.41) is 0. The third-order valence-corrected chi connectivity index (χ3v) is 4.21. The van der Waals surface area contributed by atoms with Crippen molar-refractivity contribution in [2.45, 2.75) is 6.61 Å². The molecule has 0 aliphatic heterocycles. The molecule has 0 amide bonds. The van der Waals surface area contributed by atoms with E-state index in [4.69, 9.17) is 14.9 Å². The third-order valence-electron chi connectivity index (χ3n) is 2.72. The molecule has 3 aromatic heterocycles. The van der Waals surface area contributed by atoms with E-state index in [0.717, 1.165) is 0 Å². The smallest absolute Gasteiger partial charge is 0.418 e. The Morgan fingerprint density at radius 2 is 2.19 bits per heavy atom. The first-order chi connectivity index (χ1) is 10.1. The average Bonchev–Trinajstić information content (AvgIpc) is 2.82. The van der Waals surface area contributed by atoms with Gasteiger partial charge < -0.3 is 14.9 Å². The molecule has 0 aliphatic rings. The number of pyridine rings is 2. The fraction of sp³-hybridized carbons (Fsp3) is 0.0833. The van der Waals surface area contributed by atoms with Gasteiger partial charge in [0.05, 0.1) is 8.95 Å². The Balaban J connectivity index is 1.92. The lowest BCUT2D eigenvalue weighted by Crippen LogP contribution is -2.02. The number of halogens is 2. The quantitative estimate of drug-likeness (QED) is 0.680. The van der Waals surface area contributed by atoms with Gasteiger partial charge in [-0.1, -0.05) is 0 Å². The third kappa shape index (κ3) is 2.66. The van der Waals surface area contributed by atoms with Crippen molar-refractivity contribution in [3.63, 3.8) is 0 Å². The minimum atomic E-state index is -0.560. The molecular formula is C12H8Br2N4O3. The second-order valence-corrected chi connectivity index (χ2v) is 5.73. The number of H-pyrrole nitrogens is 1. The topological polar surface area (TPSA) is 107 Å². The maximum absolute atomic E-state index is 11.2. The highest BCUT2D eigenvalue weighted by atomic mass is 79.9. The number of hydrogen-bond acceptors (Lipinski definition) is 6. The Labute approximate surface area is 134 Å². The lowest BCUT2D eigenvalue weighted by atomic mass is 10.3. The van der Waals surface area contributed by atoms with Gasteiger partial charge in [-0.15, -0.1) is 0 Å². The van der Waals surface area contributed by atoms with Gasteiger partial charge in [0, 0.05) is 18.0 Å². The normalized spacial score (nSPS) is 11.0. The van der Waals surface area contributed by atoms with Gasteiger partial charge in [-0.2, -0.15) is 0 Å². The number of anilines is 1. The van der Waals surface area contributed by atoms with Crippen LogP contribution in [-0.2, 0) is 6.61 Å². The zero-order valence-electron chi connectivity index (χ0n) is 10.4. The summed E-state index contributed by atoms with van der Waals surface area (Å²) in [6, 6.07) is 1.73. The van der Waals surface area contributed by atoms with Crippen LogP contribution in [0, 0.1) is 0 Å². The molecule has 9 heteroatoms. The van der Waals surface area contributed by atoms with Crippen molar-refractivity contribution in [2.24, 2.45) is 0 Å². The van der Waals surface area contributed by atoms with Gasteiger partial charge in [0.1, 0.15) is 6.61 Å². The minimum Gasteiger partial charge on any atom is -0.484 e. The number of aromatic amines is 1. The van der Waals surface area contributed by atoms with Gasteiger partial charge in [0.2, 0.25) is 0 Å². The van der Waals surface area contributed by atoms with E-state index in [9.17, 15) is 4.79 Å². The highest BCUT2D eigenvalue weighted by molar-refractivity contribution is 9.11. The summed E-state index contributed by atoms with van der Waals surface area (Å²) in [5.74, 6) is 0.165. The molecule has 0 radical (unpaired) electrons. The average molecular weight is 416 g/mol. The number of nitrogens with one attached hydrogen (secondary N) is 1. The Hall–Kier alpha value is -1.87. The Morgan fingerprint density at radius 3 is 2.95 bits per heavy atom. The Bertz CT molecular complexity index is 854. The van der Waals surface area contributed by atoms with Gasteiger partial charge in [-0.25, -0.2) is 14.8 Å². The molecule has 3 heterocycles. The highest BCUT2D eigenvalue weighted by Gasteiger charge is 2.13. The second kappa shape index (κ2) is 5.49. The van der Waals surface area contributed by atoms with E-state index in [-0.39, 0.29) is 12.4 Å². The SMILES string of the molecule is Nc1nccc(Br)c1OCc1cnc2[nH]c(=O)oc2c1Br. The fourth-order valence-corrected chi connectivity index (χ4v) is 2.66. The van der Waals surface area contributed by atoms with Crippen LogP contribution >= 0.6 is 31.9 Å². The summed E-state index contributed by atoms with van der Waals surface area (Å²) in [6.45, 7) is 0.187. The Morgan fingerprint density at radius 1 is 1.38 bits per heavy atom. The summed E-state index contributed by atoms with van der Waals surface area (Å²) >= 11 is 6.72. The predicted molar refractivity (Wildman–Crippen MR) is 83.0 cm³/mol. The maximum atomic E-state index is 11.2. The van der Waals surface area contributed by atoms with Gasteiger partial charge >= 0.3 is 5.76 Å². The molecule has 3 aromatic rings. The van der Waals surface area contributed by atoms with Gasteiger partial charge in [-0.3, -0.25) is 4.98 Å². The van der Waals surface area contributed by atoms with E-state index in [0.29, 0.717) is 31.5 Å². The largest absolute Gasteiger partial charge is 0.484 e. The number of nitrogens with two attached hydrogens (primary N) is 1. The second-order valence-electron chi connectivity index (χ2n) is 4.09. The molecule has 0 unspecified atom stereocenters. The van der Waals surface area contributed by atoms with Crippen molar-refractivity contribution in [1.82, 2.24) is 15.0 Å². The Kier molecular flexibility index (Phi) is 3.68. The first kappa shape index (κ1) is 14.1. The molecule has 7 nitrogen and oxygen atoms in total. The predicted octanol–water partition coefficient (Wildman–Crippen LogP) is 2.60. The number of nitrogen functional groups attached to an aromatic ring is 1. The number of oxazole rings is 1. The molecule has 0 fully saturated rings. The molecule has 3 N–H and O–H groups in total.